The van der Waals surface area contributed by atoms with Gasteiger partial charge in [0.25, 0.3) is 5.56 Å². The Morgan fingerprint density at radius 1 is 1.37 bits per heavy atom. The lowest BCUT2D eigenvalue weighted by Gasteiger charge is -2.03. The van der Waals surface area contributed by atoms with Crippen molar-refractivity contribution in [3.8, 4) is 5.88 Å². The molecule has 0 aliphatic carbocycles. The molecular weight excluding hydrogens is 248 g/mol. The van der Waals surface area contributed by atoms with Crippen LogP contribution in [0.1, 0.15) is 5.56 Å². The Labute approximate surface area is 107 Å². The average molecular weight is 260 g/mol. The Hall–Kier alpha value is -2.83. The highest BCUT2D eigenvalue weighted by Crippen LogP contribution is 2.20. The van der Waals surface area contributed by atoms with Gasteiger partial charge in [0.15, 0.2) is 0 Å². The summed E-state index contributed by atoms with van der Waals surface area (Å²) in [7, 11) is 1.34. The first-order valence-corrected chi connectivity index (χ1v) is 5.41. The highest BCUT2D eigenvalue weighted by molar-refractivity contribution is 5.85. The monoisotopic (exact) mass is 260 g/mol. The fourth-order valence-corrected chi connectivity index (χ4v) is 1.48. The summed E-state index contributed by atoms with van der Waals surface area (Å²) in [6, 6.07) is 6.83. The predicted molar refractivity (Wildman–Crippen MR) is 72.1 cm³/mol. The Morgan fingerprint density at radius 2 is 2.05 bits per heavy atom. The van der Waals surface area contributed by atoms with Crippen LogP contribution in [-0.2, 0) is 7.05 Å². The number of anilines is 1. The van der Waals surface area contributed by atoms with E-state index in [9.17, 15) is 14.7 Å². The molecule has 0 unspecified atom stereocenters. The van der Waals surface area contributed by atoms with Gasteiger partial charge in [-0.1, -0.05) is 12.1 Å². The molecule has 2 rings (SSSR count). The van der Waals surface area contributed by atoms with E-state index in [1.165, 1.54) is 13.3 Å². The molecular formula is C12H12N4O3. The Kier molecular flexibility index (Phi) is 3.19. The first-order valence-electron chi connectivity index (χ1n) is 5.41. The van der Waals surface area contributed by atoms with Gasteiger partial charge in [-0.25, -0.2) is 4.79 Å². The van der Waals surface area contributed by atoms with E-state index < -0.39 is 17.1 Å². The van der Waals surface area contributed by atoms with Crippen molar-refractivity contribution in [1.82, 2.24) is 9.55 Å². The molecule has 0 saturated heterocycles. The number of nitrogens with zero attached hydrogens (tertiary/aromatic N) is 2. The van der Waals surface area contributed by atoms with E-state index in [0.29, 0.717) is 11.4 Å². The zero-order valence-electron chi connectivity index (χ0n) is 10.1. The number of benzene rings is 1. The number of hydrogen-bond donors (Lipinski definition) is 3. The van der Waals surface area contributed by atoms with Crippen LogP contribution in [0.2, 0.25) is 0 Å². The van der Waals surface area contributed by atoms with Crippen LogP contribution in [0.3, 0.4) is 0 Å². The summed E-state index contributed by atoms with van der Waals surface area (Å²) in [5.41, 5.74) is 5.10. The normalized spacial score (nSPS) is 11.0. The van der Waals surface area contributed by atoms with Crippen LogP contribution in [0.15, 0.2) is 38.8 Å². The summed E-state index contributed by atoms with van der Waals surface area (Å²) < 4.78 is 0.914. The van der Waals surface area contributed by atoms with E-state index in [0.717, 1.165) is 4.57 Å². The van der Waals surface area contributed by atoms with E-state index in [-0.39, 0.29) is 5.56 Å². The Balaban J connectivity index is 2.51. The number of aromatic nitrogens is 2. The minimum atomic E-state index is -0.709. The zero-order valence-corrected chi connectivity index (χ0v) is 10.1. The van der Waals surface area contributed by atoms with E-state index in [1.54, 1.807) is 24.3 Å². The standard InChI is InChI=1S/C12H12N4O3/c1-16-11(18)7(10(17)15-12(16)19)6-14-9-5-3-2-4-8(9)13/h2-6,18H,13H2,1H3,(H,15,17,19). The molecule has 0 bridgehead atoms. The highest BCUT2D eigenvalue weighted by Gasteiger charge is 2.09. The molecule has 0 aliphatic rings. The third-order valence-corrected chi connectivity index (χ3v) is 2.60. The van der Waals surface area contributed by atoms with Crippen molar-refractivity contribution in [2.24, 2.45) is 12.0 Å². The maximum Gasteiger partial charge on any atom is 0.330 e. The van der Waals surface area contributed by atoms with Crippen molar-refractivity contribution >= 4 is 17.6 Å². The average Bonchev–Trinajstić information content (AvgIpc) is 2.38. The summed E-state index contributed by atoms with van der Waals surface area (Å²) in [5.74, 6) is -0.452. The fourth-order valence-electron chi connectivity index (χ4n) is 1.48. The number of aliphatic imine (C=N–C) groups is 1. The number of aromatic hydroxyl groups is 1. The molecule has 2 aromatic rings. The number of aromatic amines is 1. The van der Waals surface area contributed by atoms with Gasteiger partial charge in [0.2, 0.25) is 5.88 Å². The number of nitrogens with one attached hydrogen (secondary N) is 1. The third-order valence-electron chi connectivity index (χ3n) is 2.60. The maximum atomic E-state index is 11.6. The highest BCUT2D eigenvalue weighted by atomic mass is 16.3. The van der Waals surface area contributed by atoms with Crippen molar-refractivity contribution in [1.29, 1.82) is 0 Å². The minimum absolute atomic E-state index is 0.106. The third kappa shape index (κ3) is 2.39. The van der Waals surface area contributed by atoms with Crippen molar-refractivity contribution < 1.29 is 5.11 Å². The van der Waals surface area contributed by atoms with Gasteiger partial charge in [-0.05, 0) is 12.1 Å². The van der Waals surface area contributed by atoms with Crippen molar-refractivity contribution in [3.63, 3.8) is 0 Å². The molecule has 0 amide bonds. The van der Waals surface area contributed by atoms with E-state index in [1.807, 2.05) is 0 Å². The van der Waals surface area contributed by atoms with Crippen LogP contribution in [0.5, 0.6) is 5.88 Å². The second-order valence-corrected chi connectivity index (χ2v) is 3.87. The van der Waals surface area contributed by atoms with E-state index >= 15 is 0 Å². The number of H-pyrrole nitrogens is 1. The first-order chi connectivity index (χ1) is 9.00. The lowest BCUT2D eigenvalue weighted by Crippen LogP contribution is -2.30. The molecule has 98 valence electrons. The molecule has 1 aromatic heterocycles. The molecule has 0 spiro atoms. The van der Waals surface area contributed by atoms with Crippen molar-refractivity contribution in [2.45, 2.75) is 0 Å². The topological polar surface area (TPSA) is 113 Å². The van der Waals surface area contributed by atoms with E-state index in [2.05, 4.69) is 9.98 Å². The van der Waals surface area contributed by atoms with Gasteiger partial charge in [0, 0.05) is 13.3 Å². The largest absolute Gasteiger partial charge is 0.494 e. The zero-order chi connectivity index (χ0) is 14.0. The second kappa shape index (κ2) is 4.81. The number of nitrogen functional groups attached to an aromatic ring is 1. The molecule has 19 heavy (non-hydrogen) atoms. The summed E-state index contributed by atoms with van der Waals surface area (Å²) >= 11 is 0. The summed E-state index contributed by atoms with van der Waals surface area (Å²) in [6.07, 6.45) is 1.17. The van der Waals surface area contributed by atoms with Crippen LogP contribution >= 0.6 is 0 Å². The lowest BCUT2D eigenvalue weighted by atomic mass is 10.3. The molecule has 0 saturated carbocycles. The Morgan fingerprint density at radius 3 is 2.74 bits per heavy atom. The summed E-state index contributed by atoms with van der Waals surface area (Å²) in [4.78, 5) is 28.9. The SMILES string of the molecule is Cn1c(O)c(C=Nc2ccccc2N)c(=O)[nH]c1=O. The van der Waals surface area contributed by atoms with Gasteiger partial charge in [-0.3, -0.25) is 19.3 Å². The van der Waals surface area contributed by atoms with Crippen LogP contribution in [0.25, 0.3) is 0 Å². The molecule has 4 N–H and O–H groups in total. The molecule has 7 heteroatoms. The summed E-state index contributed by atoms with van der Waals surface area (Å²) in [6.45, 7) is 0. The molecule has 1 heterocycles. The quantitative estimate of drug-likeness (QED) is 0.525. The smallest absolute Gasteiger partial charge is 0.330 e. The van der Waals surface area contributed by atoms with Crippen molar-refractivity contribution in [3.05, 3.63) is 50.7 Å². The number of nitrogens with two attached hydrogens (primary N) is 1. The summed E-state index contributed by atoms with van der Waals surface area (Å²) in [5, 5.41) is 9.73. The van der Waals surface area contributed by atoms with Gasteiger partial charge in [0.05, 0.1) is 11.4 Å². The molecule has 1 aromatic carbocycles. The van der Waals surface area contributed by atoms with Gasteiger partial charge in [-0.15, -0.1) is 0 Å². The molecule has 0 atom stereocenters. The molecule has 7 nitrogen and oxygen atoms in total. The first kappa shape index (κ1) is 12.6. The Bertz CT molecular complexity index is 758. The predicted octanol–water partition coefficient (Wildman–Crippen LogP) is 0.112. The molecule has 0 aliphatic heterocycles. The van der Waals surface area contributed by atoms with Gasteiger partial charge in [-0.2, -0.15) is 0 Å². The van der Waals surface area contributed by atoms with Crippen LogP contribution in [0, 0.1) is 0 Å². The van der Waals surface area contributed by atoms with Crippen LogP contribution < -0.4 is 17.0 Å². The minimum Gasteiger partial charge on any atom is -0.494 e. The van der Waals surface area contributed by atoms with E-state index in [4.69, 9.17) is 5.73 Å². The number of para-hydroxylation sites is 2. The van der Waals surface area contributed by atoms with Crippen LogP contribution in [0.4, 0.5) is 11.4 Å². The van der Waals surface area contributed by atoms with Crippen LogP contribution in [-0.4, -0.2) is 20.9 Å². The fraction of sp³-hybridized carbons (Fsp3) is 0.0833. The molecule has 0 radical (unpaired) electrons. The lowest BCUT2D eigenvalue weighted by molar-refractivity contribution is 0.417. The number of hydrogen-bond acceptors (Lipinski definition) is 5. The second-order valence-electron chi connectivity index (χ2n) is 3.87. The van der Waals surface area contributed by atoms with Gasteiger partial charge in [0.1, 0.15) is 5.56 Å². The van der Waals surface area contributed by atoms with Gasteiger partial charge >= 0.3 is 5.69 Å². The maximum absolute atomic E-state index is 11.6. The van der Waals surface area contributed by atoms with Crippen molar-refractivity contribution in [2.75, 3.05) is 5.73 Å². The van der Waals surface area contributed by atoms with Gasteiger partial charge < -0.3 is 10.8 Å². The number of rotatable bonds is 2. The molecule has 0 fully saturated rings.